The van der Waals surface area contributed by atoms with E-state index in [4.69, 9.17) is 0 Å². The Labute approximate surface area is 192 Å². The number of nitrogens with one attached hydrogen (secondary N) is 2. The lowest BCUT2D eigenvalue weighted by Crippen LogP contribution is -2.29. The molecule has 2 heterocycles. The van der Waals surface area contributed by atoms with Crippen molar-refractivity contribution in [2.24, 2.45) is 5.92 Å². The summed E-state index contributed by atoms with van der Waals surface area (Å²) in [5.74, 6) is -4.81. The highest BCUT2D eigenvalue weighted by Gasteiger charge is 2.37. The van der Waals surface area contributed by atoms with Crippen LogP contribution in [0.15, 0.2) is 78.2 Å². The first-order chi connectivity index (χ1) is 16.1. The topological polar surface area (TPSA) is 145 Å². The van der Waals surface area contributed by atoms with Crippen molar-refractivity contribution in [3.05, 3.63) is 94.9 Å². The van der Waals surface area contributed by atoms with Gasteiger partial charge in [-0.05, 0) is 36.8 Å². The van der Waals surface area contributed by atoms with Crippen LogP contribution in [-0.4, -0.2) is 35.7 Å². The van der Waals surface area contributed by atoms with Gasteiger partial charge in [-0.1, -0.05) is 25.3 Å². The van der Waals surface area contributed by atoms with E-state index in [0.717, 1.165) is 0 Å². The van der Waals surface area contributed by atoms with Gasteiger partial charge in [-0.25, -0.2) is 19.2 Å². The first-order valence-electron chi connectivity index (χ1n) is 9.91. The zero-order valence-electron chi connectivity index (χ0n) is 17.5. The van der Waals surface area contributed by atoms with Crippen LogP contribution in [0.2, 0.25) is 0 Å². The van der Waals surface area contributed by atoms with Crippen molar-refractivity contribution < 1.29 is 38.2 Å². The van der Waals surface area contributed by atoms with E-state index < -0.39 is 41.6 Å². The van der Waals surface area contributed by atoms with Crippen molar-refractivity contribution in [1.82, 2.24) is 10.6 Å². The molecule has 10 heteroatoms. The van der Waals surface area contributed by atoms with Gasteiger partial charge in [0.1, 0.15) is 0 Å². The average molecular weight is 460 g/mol. The zero-order valence-corrected chi connectivity index (χ0v) is 17.5. The van der Waals surface area contributed by atoms with E-state index >= 15 is 0 Å². The van der Waals surface area contributed by atoms with Gasteiger partial charge >= 0.3 is 23.9 Å². The molecule has 1 atom stereocenters. The van der Waals surface area contributed by atoms with E-state index in [-0.39, 0.29) is 45.7 Å². The molecule has 0 aromatic heterocycles. The van der Waals surface area contributed by atoms with Gasteiger partial charge < -0.3 is 20.1 Å². The molecule has 0 radical (unpaired) electrons. The van der Waals surface area contributed by atoms with Crippen molar-refractivity contribution in [3.8, 4) is 0 Å². The van der Waals surface area contributed by atoms with E-state index in [9.17, 15) is 28.8 Å². The van der Waals surface area contributed by atoms with Crippen LogP contribution in [0.5, 0.6) is 0 Å². The van der Waals surface area contributed by atoms with E-state index in [1.54, 1.807) is 0 Å². The second-order valence-corrected chi connectivity index (χ2v) is 7.48. The molecule has 0 saturated carbocycles. The summed E-state index contributed by atoms with van der Waals surface area (Å²) in [5, 5.41) is 5.07. The number of amides is 2. The van der Waals surface area contributed by atoms with E-state index in [1.807, 2.05) is 0 Å². The van der Waals surface area contributed by atoms with Crippen LogP contribution in [0.4, 0.5) is 0 Å². The van der Waals surface area contributed by atoms with Crippen LogP contribution in [-0.2, 0) is 23.9 Å². The number of ether oxygens (including phenoxy) is 2. The van der Waals surface area contributed by atoms with Gasteiger partial charge in [0.25, 0.3) is 5.91 Å². The summed E-state index contributed by atoms with van der Waals surface area (Å²) in [6.07, 6.45) is 5.89. The molecule has 2 N–H and O–H groups in total. The third kappa shape index (κ3) is 4.24. The minimum atomic E-state index is -0.822. The number of carbonyl (C=O) groups excluding carboxylic acids is 6. The first kappa shape index (κ1) is 22.3. The number of fused-ring (bicyclic) bond motifs is 2. The Balaban J connectivity index is 1.32. The Bertz CT molecular complexity index is 1330. The Morgan fingerprint density at radius 1 is 0.853 bits per heavy atom. The molecule has 3 aliphatic rings. The number of rotatable bonds is 6. The van der Waals surface area contributed by atoms with Crippen molar-refractivity contribution in [1.29, 1.82) is 0 Å². The van der Waals surface area contributed by atoms with Crippen LogP contribution in [0.3, 0.4) is 0 Å². The second-order valence-electron chi connectivity index (χ2n) is 7.48. The molecular formula is C24H16N2O8. The first-order valence-corrected chi connectivity index (χ1v) is 9.91. The summed E-state index contributed by atoms with van der Waals surface area (Å²) in [6.45, 7) is 7.40. The Morgan fingerprint density at radius 2 is 1.47 bits per heavy atom. The van der Waals surface area contributed by atoms with Gasteiger partial charge in [0, 0.05) is 17.0 Å². The molecule has 1 aromatic rings. The number of hydrogen-bond acceptors (Lipinski definition) is 8. The maximum Gasteiger partial charge on any atom is 0.346 e. The Morgan fingerprint density at radius 3 is 2.21 bits per heavy atom. The van der Waals surface area contributed by atoms with Crippen molar-refractivity contribution in [3.63, 3.8) is 0 Å². The van der Waals surface area contributed by atoms with E-state index in [0.29, 0.717) is 0 Å². The SMILES string of the molecule is C=C(/C=C\C(=C)NC(=O)C1C=C2C(=O)OC(=O)C2=CC1)NC(=O)c1ccc2c(c1)C(=O)OC2=O. The van der Waals surface area contributed by atoms with Gasteiger partial charge in [-0.3, -0.25) is 9.59 Å². The van der Waals surface area contributed by atoms with Gasteiger partial charge in [0.05, 0.1) is 28.2 Å². The van der Waals surface area contributed by atoms with Gasteiger partial charge in [-0.15, -0.1) is 0 Å². The molecule has 4 rings (SSSR count). The summed E-state index contributed by atoms with van der Waals surface area (Å²) in [5.41, 5.74) is 0.795. The molecule has 0 spiro atoms. The van der Waals surface area contributed by atoms with Crippen molar-refractivity contribution in [2.75, 3.05) is 0 Å². The molecule has 170 valence electrons. The minimum absolute atomic E-state index is 0.00442. The molecule has 2 amide bonds. The summed E-state index contributed by atoms with van der Waals surface area (Å²) in [6, 6.07) is 3.95. The third-order valence-electron chi connectivity index (χ3n) is 5.15. The molecule has 1 unspecified atom stereocenters. The zero-order chi connectivity index (χ0) is 24.6. The average Bonchev–Trinajstić information content (AvgIpc) is 3.25. The maximum absolute atomic E-state index is 12.5. The second kappa shape index (κ2) is 8.58. The van der Waals surface area contributed by atoms with Crippen LogP contribution < -0.4 is 10.6 Å². The number of carbonyl (C=O) groups is 6. The molecule has 0 bridgehead atoms. The Hall–Kier alpha value is -4.86. The van der Waals surface area contributed by atoms with Gasteiger partial charge in [-0.2, -0.15) is 0 Å². The molecule has 1 saturated heterocycles. The summed E-state index contributed by atoms with van der Waals surface area (Å²) in [4.78, 5) is 71.2. The Kier molecular flexibility index (Phi) is 5.64. The van der Waals surface area contributed by atoms with Crippen LogP contribution >= 0.6 is 0 Å². The number of hydrogen-bond donors (Lipinski definition) is 2. The van der Waals surface area contributed by atoms with Crippen LogP contribution in [0, 0.1) is 5.92 Å². The van der Waals surface area contributed by atoms with Crippen molar-refractivity contribution in [2.45, 2.75) is 6.42 Å². The molecule has 1 fully saturated rings. The molecular weight excluding hydrogens is 444 g/mol. The third-order valence-corrected chi connectivity index (χ3v) is 5.15. The monoisotopic (exact) mass is 460 g/mol. The molecule has 10 nitrogen and oxygen atoms in total. The number of benzene rings is 1. The normalized spacial score (nSPS) is 18.4. The minimum Gasteiger partial charge on any atom is -0.386 e. The van der Waals surface area contributed by atoms with Crippen LogP contribution in [0.1, 0.15) is 37.5 Å². The summed E-state index contributed by atoms with van der Waals surface area (Å²) < 4.78 is 9.01. The van der Waals surface area contributed by atoms with E-state index in [1.165, 1.54) is 42.5 Å². The fraction of sp³-hybridized carbons (Fsp3) is 0.0833. The quantitative estimate of drug-likeness (QED) is 0.368. The lowest BCUT2D eigenvalue weighted by Gasteiger charge is -2.15. The largest absolute Gasteiger partial charge is 0.386 e. The van der Waals surface area contributed by atoms with Crippen molar-refractivity contribution >= 4 is 35.7 Å². The number of esters is 4. The molecule has 1 aromatic carbocycles. The lowest BCUT2D eigenvalue weighted by atomic mass is 9.91. The maximum atomic E-state index is 12.5. The molecule has 2 aliphatic heterocycles. The molecule has 1 aliphatic carbocycles. The van der Waals surface area contributed by atoms with Crippen LogP contribution in [0.25, 0.3) is 0 Å². The molecule has 34 heavy (non-hydrogen) atoms. The lowest BCUT2D eigenvalue weighted by molar-refractivity contribution is -0.149. The fourth-order valence-corrected chi connectivity index (χ4v) is 3.44. The van der Waals surface area contributed by atoms with Gasteiger partial charge in [0.2, 0.25) is 5.91 Å². The number of cyclic esters (lactones) is 4. The highest BCUT2D eigenvalue weighted by Crippen LogP contribution is 2.30. The van der Waals surface area contributed by atoms with E-state index in [2.05, 4.69) is 33.3 Å². The number of allylic oxidation sites excluding steroid dienone is 3. The highest BCUT2D eigenvalue weighted by atomic mass is 16.6. The fourth-order valence-electron chi connectivity index (χ4n) is 3.44. The summed E-state index contributed by atoms with van der Waals surface area (Å²) >= 11 is 0. The highest BCUT2D eigenvalue weighted by molar-refractivity contribution is 6.18. The standard InChI is InChI=1S/C24H16N2O8/c1-11(25-19(27)13-5-7-15-17(9-13)23(31)33-21(15)29)3-4-12(2)26-20(28)14-6-8-16-18(10-14)24(32)34-22(16)30/h3-5,7-10,14H,1-2,6H2,(H,25,27)(H,26,28)/b4-3-. The smallest absolute Gasteiger partial charge is 0.346 e. The predicted molar refractivity (Wildman–Crippen MR) is 115 cm³/mol. The van der Waals surface area contributed by atoms with Gasteiger partial charge in [0.15, 0.2) is 0 Å². The summed E-state index contributed by atoms with van der Waals surface area (Å²) in [7, 11) is 0. The predicted octanol–water partition coefficient (Wildman–Crippen LogP) is 1.38.